The Labute approximate surface area is 167 Å². The van der Waals surface area contributed by atoms with Crippen molar-refractivity contribution in [2.24, 2.45) is 5.10 Å². The molecule has 6 nitrogen and oxygen atoms in total. The van der Waals surface area contributed by atoms with E-state index < -0.39 is 18.0 Å². The van der Waals surface area contributed by atoms with E-state index in [4.69, 9.17) is 27.9 Å². The zero-order valence-corrected chi connectivity index (χ0v) is 16.1. The van der Waals surface area contributed by atoms with E-state index in [0.29, 0.717) is 22.0 Å². The van der Waals surface area contributed by atoms with Gasteiger partial charge in [-0.2, -0.15) is 5.10 Å². The standard InChI is InChI=1S/C19H19Cl2N3O3/c1-2-27-19(26)23-17(10-13-6-4-3-5-7-13)18(25)24-22-12-14-8-9-15(20)11-16(14)21/h3-9,11-12,17H,2,10H2,1H3,(H,23,26)(H,24,25)/b22-12-/t17-/m1/s1. The molecule has 2 aromatic rings. The van der Waals surface area contributed by atoms with E-state index in [2.05, 4.69) is 15.8 Å². The van der Waals surface area contributed by atoms with Gasteiger partial charge in [0, 0.05) is 17.0 Å². The van der Waals surface area contributed by atoms with Crippen molar-refractivity contribution in [3.8, 4) is 0 Å². The molecule has 0 spiro atoms. The minimum absolute atomic E-state index is 0.207. The van der Waals surface area contributed by atoms with Gasteiger partial charge in [-0.05, 0) is 24.6 Å². The fraction of sp³-hybridized carbons (Fsp3) is 0.211. The molecule has 0 saturated heterocycles. The van der Waals surface area contributed by atoms with Crippen molar-refractivity contribution in [3.63, 3.8) is 0 Å². The monoisotopic (exact) mass is 407 g/mol. The number of ether oxygens (including phenoxy) is 1. The number of alkyl carbamates (subject to hydrolysis) is 1. The lowest BCUT2D eigenvalue weighted by molar-refractivity contribution is -0.123. The van der Waals surface area contributed by atoms with Gasteiger partial charge < -0.3 is 10.1 Å². The van der Waals surface area contributed by atoms with E-state index in [0.717, 1.165) is 5.56 Å². The highest BCUT2D eigenvalue weighted by molar-refractivity contribution is 6.36. The fourth-order valence-electron chi connectivity index (χ4n) is 2.22. The van der Waals surface area contributed by atoms with Crippen molar-refractivity contribution in [1.29, 1.82) is 0 Å². The van der Waals surface area contributed by atoms with E-state index in [9.17, 15) is 9.59 Å². The summed E-state index contributed by atoms with van der Waals surface area (Å²) in [6.07, 6.45) is 1.03. The van der Waals surface area contributed by atoms with Crippen molar-refractivity contribution in [1.82, 2.24) is 10.7 Å². The molecule has 2 amide bonds. The molecule has 0 saturated carbocycles. The summed E-state index contributed by atoms with van der Waals surface area (Å²) in [6, 6.07) is 13.4. The second-order valence-corrected chi connectivity index (χ2v) is 6.35. The van der Waals surface area contributed by atoms with Gasteiger partial charge in [0.25, 0.3) is 5.91 Å². The lowest BCUT2D eigenvalue weighted by atomic mass is 10.1. The Hall–Kier alpha value is -2.57. The number of nitrogens with one attached hydrogen (secondary N) is 2. The number of carbonyl (C=O) groups excluding carboxylic acids is 2. The third-order valence-corrected chi connectivity index (χ3v) is 4.07. The summed E-state index contributed by atoms with van der Waals surface area (Å²) < 4.78 is 4.86. The minimum Gasteiger partial charge on any atom is -0.450 e. The van der Waals surface area contributed by atoms with Crippen LogP contribution in [-0.4, -0.2) is 30.9 Å². The highest BCUT2D eigenvalue weighted by atomic mass is 35.5. The molecular formula is C19H19Cl2N3O3. The molecule has 0 aliphatic carbocycles. The molecule has 0 aliphatic rings. The van der Waals surface area contributed by atoms with Crippen LogP contribution in [0.15, 0.2) is 53.6 Å². The van der Waals surface area contributed by atoms with Crippen LogP contribution in [0.1, 0.15) is 18.1 Å². The zero-order valence-electron chi connectivity index (χ0n) is 14.6. The summed E-state index contributed by atoms with van der Waals surface area (Å²) in [4.78, 5) is 24.2. The average Bonchev–Trinajstić information content (AvgIpc) is 2.64. The first-order chi connectivity index (χ1) is 13.0. The summed E-state index contributed by atoms with van der Waals surface area (Å²) in [6.45, 7) is 1.89. The first-order valence-electron chi connectivity index (χ1n) is 8.24. The molecule has 142 valence electrons. The van der Waals surface area contributed by atoms with E-state index in [1.807, 2.05) is 30.3 Å². The van der Waals surface area contributed by atoms with Gasteiger partial charge in [0.05, 0.1) is 17.8 Å². The van der Waals surface area contributed by atoms with Crippen LogP contribution in [0, 0.1) is 0 Å². The van der Waals surface area contributed by atoms with Gasteiger partial charge in [0.15, 0.2) is 0 Å². The van der Waals surface area contributed by atoms with Gasteiger partial charge in [-0.15, -0.1) is 0 Å². The van der Waals surface area contributed by atoms with Gasteiger partial charge >= 0.3 is 6.09 Å². The predicted octanol–water partition coefficient (Wildman–Crippen LogP) is 3.80. The van der Waals surface area contributed by atoms with Crippen molar-refractivity contribution in [2.45, 2.75) is 19.4 Å². The quantitative estimate of drug-likeness (QED) is 0.540. The number of amides is 2. The molecule has 2 N–H and O–H groups in total. The maximum Gasteiger partial charge on any atom is 0.407 e. The maximum absolute atomic E-state index is 12.5. The van der Waals surface area contributed by atoms with Crippen molar-refractivity contribution in [3.05, 3.63) is 69.7 Å². The fourth-order valence-corrected chi connectivity index (χ4v) is 2.68. The second-order valence-electron chi connectivity index (χ2n) is 5.51. The van der Waals surface area contributed by atoms with Crippen molar-refractivity contribution in [2.75, 3.05) is 6.61 Å². The number of halogens is 2. The molecule has 0 aliphatic heterocycles. The van der Waals surface area contributed by atoms with Gasteiger partial charge in [-0.25, -0.2) is 10.2 Å². The molecule has 0 unspecified atom stereocenters. The van der Waals surface area contributed by atoms with E-state index in [1.165, 1.54) is 6.21 Å². The number of hydrazone groups is 1. The molecule has 1 atom stereocenters. The molecule has 27 heavy (non-hydrogen) atoms. The topological polar surface area (TPSA) is 79.8 Å². The summed E-state index contributed by atoms with van der Waals surface area (Å²) in [5, 5.41) is 7.36. The first kappa shape index (κ1) is 20.7. The predicted molar refractivity (Wildman–Crippen MR) is 106 cm³/mol. The lowest BCUT2D eigenvalue weighted by Gasteiger charge is -2.16. The van der Waals surface area contributed by atoms with Gasteiger partial charge in [-0.3, -0.25) is 4.79 Å². The number of rotatable bonds is 7. The molecule has 0 heterocycles. The summed E-state index contributed by atoms with van der Waals surface area (Å²) in [5.41, 5.74) is 3.89. The third kappa shape index (κ3) is 6.92. The maximum atomic E-state index is 12.5. The molecule has 2 aromatic carbocycles. The van der Waals surface area contributed by atoms with Gasteiger partial charge in [0.2, 0.25) is 0 Å². The van der Waals surface area contributed by atoms with Crippen LogP contribution in [0.5, 0.6) is 0 Å². The third-order valence-electron chi connectivity index (χ3n) is 3.51. The largest absolute Gasteiger partial charge is 0.450 e. The minimum atomic E-state index is -0.843. The Morgan fingerprint density at radius 2 is 1.93 bits per heavy atom. The molecule has 0 radical (unpaired) electrons. The molecule has 0 bridgehead atoms. The van der Waals surface area contributed by atoms with E-state index in [-0.39, 0.29) is 6.61 Å². The Kier molecular flexibility index (Phi) is 8.10. The second kappa shape index (κ2) is 10.5. The molecule has 0 aromatic heterocycles. The Morgan fingerprint density at radius 1 is 1.19 bits per heavy atom. The molecular weight excluding hydrogens is 389 g/mol. The summed E-state index contributed by atoms with van der Waals surface area (Å²) >= 11 is 11.9. The van der Waals surface area contributed by atoms with Crippen LogP contribution in [0.3, 0.4) is 0 Å². The van der Waals surface area contributed by atoms with Crippen LogP contribution >= 0.6 is 23.2 Å². The summed E-state index contributed by atoms with van der Waals surface area (Å²) in [7, 11) is 0. The highest BCUT2D eigenvalue weighted by Crippen LogP contribution is 2.19. The smallest absolute Gasteiger partial charge is 0.407 e. The first-order valence-corrected chi connectivity index (χ1v) is 9.00. The van der Waals surface area contributed by atoms with Crippen LogP contribution in [0.4, 0.5) is 4.79 Å². The van der Waals surface area contributed by atoms with Crippen LogP contribution in [0.2, 0.25) is 10.0 Å². The van der Waals surface area contributed by atoms with Gasteiger partial charge in [0.1, 0.15) is 6.04 Å². The van der Waals surface area contributed by atoms with Crippen LogP contribution < -0.4 is 10.7 Å². The van der Waals surface area contributed by atoms with Crippen LogP contribution in [-0.2, 0) is 16.0 Å². The van der Waals surface area contributed by atoms with Crippen molar-refractivity contribution >= 4 is 41.4 Å². The summed E-state index contributed by atoms with van der Waals surface area (Å²) in [5.74, 6) is -0.478. The number of nitrogens with zero attached hydrogens (tertiary/aromatic N) is 1. The van der Waals surface area contributed by atoms with E-state index in [1.54, 1.807) is 25.1 Å². The molecule has 0 fully saturated rings. The highest BCUT2D eigenvalue weighted by Gasteiger charge is 2.21. The Morgan fingerprint density at radius 3 is 2.59 bits per heavy atom. The molecule has 2 rings (SSSR count). The number of carbonyl (C=O) groups is 2. The average molecular weight is 408 g/mol. The Balaban J connectivity index is 2.05. The van der Waals surface area contributed by atoms with Crippen molar-refractivity contribution < 1.29 is 14.3 Å². The number of hydrogen-bond donors (Lipinski definition) is 2. The molecule has 8 heteroatoms. The Bertz CT molecular complexity index is 813. The van der Waals surface area contributed by atoms with Crippen LogP contribution in [0.25, 0.3) is 0 Å². The normalized spacial score (nSPS) is 11.8. The number of benzene rings is 2. The SMILES string of the molecule is CCOC(=O)N[C@H](Cc1ccccc1)C(=O)N/N=C\c1ccc(Cl)cc1Cl. The van der Waals surface area contributed by atoms with E-state index >= 15 is 0 Å². The number of hydrogen-bond acceptors (Lipinski definition) is 4. The zero-order chi connectivity index (χ0) is 19.6. The van der Waals surface area contributed by atoms with Gasteiger partial charge in [-0.1, -0.05) is 59.6 Å². The lowest BCUT2D eigenvalue weighted by Crippen LogP contribution is -2.47.